The highest BCUT2D eigenvalue weighted by molar-refractivity contribution is 5.61. The highest BCUT2D eigenvalue weighted by atomic mass is 19.1. The Labute approximate surface area is 157 Å². The first-order chi connectivity index (χ1) is 13.1. The van der Waals surface area contributed by atoms with Gasteiger partial charge in [-0.25, -0.2) is 9.37 Å². The summed E-state index contributed by atoms with van der Waals surface area (Å²) in [5, 5.41) is 12.1. The molecule has 0 amide bonds. The number of nitriles is 1. The molecule has 1 aromatic carbocycles. The Bertz CT molecular complexity index is 1040. The Morgan fingerprint density at radius 3 is 2.81 bits per heavy atom. The van der Waals surface area contributed by atoms with Crippen molar-refractivity contribution in [1.29, 1.82) is 5.26 Å². The van der Waals surface area contributed by atoms with Crippen molar-refractivity contribution >= 4 is 17.2 Å². The summed E-state index contributed by atoms with van der Waals surface area (Å²) >= 11 is 0. The van der Waals surface area contributed by atoms with Gasteiger partial charge in [-0.15, -0.1) is 0 Å². The molecule has 4 rings (SSSR count). The molecule has 27 heavy (non-hydrogen) atoms. The van der Waals surface area contributed by atoms with E-state index in [0.717, 1.165) is 41.3 Å². The van der Waals surface area contributed by atoms with Gasteiger partial charge < -0.3 is 10.2 Å². The van der Waals surface area contributed by atoms with E-state index in [9.17, 15) is 4.39 Å². The summed E-state index contributed by atoms with van der Waals surface area (Å²) in [5.41, 5.74) is 4.87. The maximum Gasteiger partial charge on any atom is 0.146 e. The second kappa shape index (κ2) is 7.04. The number of benzene rings is 1. The third-order valence-corrected chi connectivity index (χ3v) is 4.67. The minimum absolute atomic E-state index is 0.297. The SMILES string of the molecule is Cc1cc(C#N)cnc1N1CCc2ncc(Nc3ccccc3F)cc2C1. The van der Waals surface area contributed by atoms with Gasteiger partial charge in [0.05, 0.1) is 23.1 Å². The normalized spacial score (nSPS) is 13.0. The molecule has 0 atom stereocenters. The van der Waals surface area contributed by atoms with E-state index in [1.165, 1.54) is 6.07 Å². The van der Waals surface area contributed by atoms with Crippen molar-refractivity contribution in [2.45, 2.75) is 19.9 Å². The van der Waals surface area contributed by atoms with Crippen molar-refractivity contribution in [2.75, 3.05) is 16.8 Å². The number of hydrogen-bond donors (Lipinski definition) is 1. The lowest BCUT2D eigenvalue weighted by Crippen LogP contribution is -2.32. The van der Waals surface area contributed by atoms with Crippen molar-refractivity contribution in [1.82, 2.24) is 9.97 Å². The molecule has 0 saturated heterocycles. The van der Waals surface area contributed by atoms with Gasteiger partial charge in [0.2, 0.25) is 0 Å². The van der Waals surface area contributed by atoms with Gasteiger partial charge in [-0.3, -0.25) is 4.98 Å². The molecular weight excluding hydrogens is 341 g/mol. The number of aryl methyl sites for hydroxylation is 1. The predicted molar refractivity (Wildman–Crippen MR) is 102 cm³/mol. The van der Waals surface area contributed by atoms with E-state index >= 15 is 0 Å². The molecule has 6 heteroatoms. The lowest BCUT2D eigenvalue weighted by atomic mass is 10.0. The molecule has 0 saturated carbocycles. The number of halogens is 1. The first-order valence-electron chi connectivity index (χ1n) is 8.75. The summed E-state index contributed by atoms with van der Waals surface area (Å²) in [6, 6.07) is 12.6. The highest BCUT2D eigenvalue weighted by Gasteiger charge is 2.20. The number of fused-ring (bicyclic) bond motifs is 1. The second-order valence-corrected chi connectivity index (χ2v) is 6.58. The molecule has 2 aromatic heterocycles. The summed E-state index contributed by atoms with van der Waals surface area (Å²) in [6.45, 7) is 3.46. The van der Waals surface area contributed by atoms with Crippen LogP contribution in [0.3, 0.4) is 0 Å². The fraction of sp³-hybridized carbons (Fsp3) is 0.190. The zero-order valence-electron chi connectivity index (χ0n) is 14.9. The van der Waals surface area contributed by atoms with Crippen LogP contribution in [0.1, 0.15) is 22.4 Å². The van der Waals surface area contributed by atoms with E-state index in [-0.39, 0.29) is 5.82 Å². The van der Waals surface area contributed by atoms with Gasteiger partial charge in [0.15, 0.2) is 0 Å². The molecule has 0 bridgehead atoms. The molecule has 3 aromatic rings. The summed E-state index contributed by atoms with van der Waals surface area (Å²) in [4.78, 5) is 11.2. The topological polar surface area (TPSA) is 64.8 Å². The summed E-state index contributed by atoms with van der Waals surface area (Å²) < 4.78 is 13.9. The van der Waals surface area contributed by atoms with E-state index in [2.05, 4.69) is 26.3 Å². The smallest absolute Gasteiger partial charge is 0.146 e. The molecule has 1 N–H and O–H groups in total. The predicted octanol–water partition coefficient (Wildman–Crippen LogP) is 4.10. The number of hydrogen-bond acceptors (Lipinski definition) is 5. The van der Waals surface area contributed by atoms with Crippen molar-refractivity contribution in [3.8, 4) is 6.07 Å². The number of pyridine rings is 2. The van der Waals surface area contributed by atoms with E-state index in [1.54, 1.807) is 30.6 Å². The molecule has 3 heterocycles. The molecule has 1 aliphatic rings. The molecule has 5 nitrogen and oxygen atoms in total. The van der Waals surface area contributed by atoms with Crippen molar-refractivity contribution in [2.24, 2.45) is 0 Å². The van der Waals surface area contributed by atoms with Gasteiger partial charge in [0.25, 0.3) is 0 Å². The minimum atomic E-state index is -0.297. The average molecular weight is 359 g/mol. The Balaban J connectivity index is 1.59. The fourth-order valence-corrected chi connectivity index (χ4v) is 3.35. The first kappa shape index (κ1) is 17.0. The average Bonchev–Trinajstić information content (AvgIpc) is 2.69. The zero-order chi connectivity index (χ0) is 18.8. The van der Waals surface area contributed by atoms with Crippen LogP contribution in [0.25, 0.3) is 0 Å². The van der Waals surface area contributed by atoms with Crippen LogP contribution < -0.4 is 10.2 Å². The molecular formula is C21H18FN5. The van der Waals surface area contributed by atoms with Crippen LogP contribution in [0, 0.1) is 24.1 Å². The highest BCUT2D eigenvalue weighted by Crippen LogP contribution is 2.27. The number of rotatable bonds is 3. The lowest BCUT2D eigenvalue weighted by molar-refractivity contribution is 0.632. The molecule has 0 aliphatic carbocycles. The summed E-state index contributed by atoms with van der Waals surface area (Å²) in [5.74, 6) is 0.585. The third-order valence-electron chi connectivity index (χ3n) is 4.67. The lowest BCUT2D eigenvalue weighted by Gasteiger charge is -2.30. The van der Waals surface area contributed by atoms with Crippen LogP contribution in [-0.4, -0.2) is 16.5 Å². The van der Waals surface area contributed by atoms with Crippen LogP contribution in [0.5, 0.6) is 0 Å². The zero-order valence-corrected chi connectivity index (χ0v) is 14.9. The Morgan fingerprint density at radius 2 is 2.04 bits per heavy atom. The van der Waals surface area contributed by atoms with Gasteiger partial charge in [0.1, 0.15) is 17.7 Å². The van der Waals surface area contributed by atoms with Crippen LogP contribution in [0.4, 0.5) is 21.6 Å². The van der Waals surface area contributed by atoms with Gasteiger partial charge in [-0.2, -0.15) is 5.26 Å². The van der Waals surface area contributed by atoms with Crippen molar-refractivity contribution in [3.63, 3.8) is 0 Å². The van der Waals surface area contributed by atoms with Crippen LogP contribution in [-0.2, 0) is 13.0 Å². The largest absolute Gasteiger partial charge is 0.352 e. The Morgan fingerprint density at radius 1 is 1.19 bits per heavy atom. The molecule has 0 radical (unpaired) electrons. The minimum Gasteiger partial charge on any atom is -0.352 e. The first-order valence-corrected chi connectivity index (χ1v) is 8.75. The number of aromatic nitrogens is 2. The van der Waals surface area contributed by atoms with Crippen molar-refractivity contribution < 1.29 is 4.39 Å². The van der Waals surface area contributed by atoms with Crippen molar-refractivity contribution in [3.05, 3.63) is 77.0 Å². The number of nitrogens with one attached hydrogen (secondary N) is 1. The van der Waals surface area contributed by atoms with Gasteiger partial charge in [-0.05, 0) is 42.3 Å². The molecule has 0 spiro atoms. The van der Waals surface area contributed by atoms with E-state index < -0.39 is 0 Å². The fourth-order valence-electron chi connectivity index (χ4n) is 3.35. The standard InChI is InChI=1S/C21H18FN5/c1-14-8-15(10-23)11-25-21(14)27-7-6-19-16(13-27)9-17(12-24-19)26-20-5-3-2-4-18(20)22/h2-5,8-9,11-12,26H,6-7,13H2,1H3. The van der Waals surface area contributed by atoms with Crippen LogP contribution in [0.15, 0.2) is 48.8 Å². The summed E-state index contributed by atoms with van der Waals surface area (Å²) in [7, 11) is 0. The molecule has 0 fully saturated rings. The Kier molecular flexibility index (Phi) is 4.43. The third kappa shape index (κ3) is 3.44. The maximum absolute atomic E-state index is 13.9. The van der Waals surface area contributed by atoms with Crippen LogP contribution in [0.2, 0.25) is 0 Å². The molecule has 134 valence electrons. The van der Waals surface area contributed by atoms with E-state index in [1.807, 2.05) is 19.1 Å². The molecule has 0 unspecified atom stereocenters. The van der Waals surface area contributed by atoms with Gasteiger partial charge >= 0.3 is 0 Å². The van der Waals surface area contributed by atoms with E-state index in [4.69, 9.17) is 5.26 Å². The second-order valence-electron chi connectivity index (χ2n) is 6.58. The monoisotopic (exact) mass is 359 g/mol. The van der Waals surface area contributed by atoms with Crippen LogP contribution >= 0.6 is 0 Å². The van der Waals surface area contributed by atoms with E-state index in [0.29, 0.717) is 17.8 Å². The molecule has 1 aliphatic heterocycles. The Hall–Kier alpha value is -3.46. The number of para-hydroxylation sites is 1. The van der Waals surface area contributed by atoms with Gasteiger partial charge in [0, 0.05) is 31.4 Å². The summed E-state index contributed by atoms with van der Waals surface area (Å²) in [6.07, 6.45) is 4.16. The number of nitrogens with zero attached hydrogens (tertiary/aromatic N) is 4. The number of anilines is 3. The van der Waals surface area contributed by atoms with Gasteiger partial charge in [-0.1, -0.05) is 12.1 Å². The maximum atomic E-state index is 13.9. The quantitative estimate of drug-likeness (QED) is 0.763.